The summed E-state index contributed by atoms with van der Waals surface area (Å²) in [4.78, 5) is 0. The van der Waals surface area contributed by atoms with Crippen molar-refractivity contribution >= 4 is 0 Å². The first-order chi connectivity index (χ1) is 12.7. The summed E-state index contributed by atoms with van der Waals surface area (Å²) in [5.74, 6) is 2.20. The molecule has 0 amide bonds. The van der Waals surface area contributed by atoms with E-state index in [1.165, 1.54) is 16.7 Å². The van der Waals surface area contributed by atoms with E-state index in [0.717, 1.165) is 17.1 Å². The standard InChI is InChI=1S/C23H22O3/c1-15-3-5-16(6-4-15)21-14-26-22-13-18(24)9-12-20(22)23(21)17-7-10-19(25-2)11-8-17/h3-13,21,23-24H,14H2,1-2H3/t21-,23+/m0/s1. The van der Waals surface area contributed by atoms with Crippen LogP contribution in [0, 0.1) is 6.92 Å². The molecule has 2 atom stereocenters. The lowest BCUT2D eigenvalue weighted by Gasteiger charge is -2.34. The van der Waals surface area contributed by atoms with Crippen LogP contribution < -0.4 is 9.47 Å². The zero-order valence-corrected chi connectivity index (χ0v) is 15.0. The summed E-state index contributed by atoms with van der Waals surface area (Å²) in [6, 6.07) is 22.3. The van der Waals surface area contributed by atoms with E-state index in [1.807, 2.05) is 18.2 Å². The van der Waals surface area contributed by atoms with E-state index in [-0.39, 0.29) is 17.6 Å². The maximum atomic E-state index is 9.83. The van der Waals surface area contributed by atoms with Gasteiger partial charge in [-0.05, 0) is 36.2 Å². The summed E-state index contributed by atoms with van der Waals surface area (Å²) in [5, 5.41) is 9.83. The first kappa shape index (κ1) is 16.5. The molecule has 1 aliphatic heterocycles. The second-order valence-electron chi connectivity index (χ2n) is 6.80. The van der Waals surface area contributed by atoms with Crippen molar-refractivity contribution < 1.29 is 14.6 Å². The van der Waals surface area contributed by atoms with Crippen LogP contribution in [0.5, 0.6) is 17.2 Å². The minimum Gasteiger partial charge on any atom is -0.508 e. The van der Waals surface area contributed by atoms with Crippen molar-refractivity contribution in [3.05, 3.63) is 89.0 Å². The molecule has 0 saturated heterocycles. The van der Waals surface area contributed by atoms with Gasteiger partial charge in [0, 0.05) is 23.5 Å². The van der Waals surface area contributed by atoms with Crippen molar-refractivity contribution in [1.29, 1.82) is 0 Å². The quantitative estimate of drug-likeness (QED) is 0.724. The topological polar surface area (TPSA) is 38.7 Å². The summed E-state index contributed by atoms with van der Waals surface area (Å²) in [5.41, 5.74) is 4.82. The third kappa shape index (κ3) is 3.01. The Morgan fingerprint density at radius 1 is 0.923 bits per heavy atom. The lowest BCUT2D eigenvalue weighted by molar-refractivity contribution is 0.247. The Morgan fingerprint density at radius 3 is 2.31 bits per heavy atom. The van der Waals surface area contributed by atoms with Crippen molar-refractivity contribution in [2.75, 3.05) is 13.7 Å². The lowest BCUT2D eigenvalue weighted by atomic mass is 9.76. The van der Waals surface area contributed by atoms with Crippen LogP contribution >= 0.6 is 0 Å². The van der Waals surface area contributed by atoms with E-state index in [1.54, 1.807) is 19.2 Å². The highest BCUT2D eigenvalue weighted by Gasteiger charge is 2.33. The highest BCUT2D eigenvalue weighted by molar-refractivity contribution is 5.51. The molecule has 0 aliphatic carbocycles. The van der Waals surface area contributed by atoms with E-state index >= 15 is 0 Å². The van der Waals surface area contributed by atoms with Gasteiger partial charge in [-0.2, -0.15) is 0 Å². The molecule has 3 aromatic rings. The Balaban J connectivity index is 1.82. The van der Waals surface area contributed by atoms with Crippen LogP contribution in [0.1, 0.15) is 34.1 Å². The molecule has 0 unspecified atom stereocenters. The van der Waals surface area contributed by atoms with Crippen LogP contribution in [-0.4, -0.2) is 18.8 Å². The molecule has 4 rings (SSSR count). The molecule has 26 heavy (non-hydrogen) atoms. The minimum absolute atomic E-state index is 0.160. The number of aromatic hydroxyl groups is 1. The van der Waals surface area contributed by atoms with Crippen LogP contribution in [0.4, 0.5) is 0 Å². The number of phenols is 1. The largest absolute Gasteiger partial charge is 0.508 e. The summed E-state index contributed by atoms with van der Waals surface area (Å²) in [6.45, 7) is 2.68. The van der Waals surface area contributed by atoms with Crippen LogP contribution in [0.2, 0.25) is 0 Å². The van der Waals surface area contributed by atoms with Gasteiger partial charge in [-0.25, -0.2) is 0 Å². The summed E-state index contributed by atoms with van der Waals surface area (Å²) in [6.07, 6.45) is 0. The van der Waals surface area contributed by atoms with Crippen LogP contribution in [-0.2, 0) is 0 Å². The third-order valence-electron chi connectivity index (χ3n) is 5.13. The number of ether oxygens (including phenoxy) is 2. The molecule has 0 radical (unpaired) electrons. The predicted molar refractivity (Wildman–Crippen MR) is 102 cm³/mol. The fraction of sp³-hybridized carbons (Fsp3) is 0.217. The predicted octanol–water partition coefficient (Wildman–Crippen LogP) is 5.02. The number of methoxy groups -OCH3 is 1. The van der Waals surface area contributed by atoms with E-state index in [4.69, 9.17) is 9.47 Å². The average molecular weight is 346 g/mol. The summed E-state index contributed by atoms with van der Waals surface area (Å²) in [7, 11) is 1.68. The lowest BCUT2D eigenvalue weighted by Crippen LogP contribution is -2.25. The van der Waals surface area contributed by atoms with Crippen molar-refractivity contribution in [3.63, 3.8) is 0 Å². The zero-order chi connectivity index (χ0) is 18.1. The van der Waals surface area contributed by atoms with Crippen LogP contribution in [0.15, 0.2) is 66.7 Å². The van der Waals surface area contributed by atoms with Crippen molar-refractivity contribution in [3.8, 4) is 17.2 Å². The van der Waals surface area contributed by atoms with Gasteiger partial charge in [0.2, 0.25) is 0 Å². The van der Waals surface area contributed by atoms with E-state index in [2.05, 4.69) is 43.3 Å². The second kappa shape index (κ2) is 6.75. The molecule has 132 valence electrons. The first-order valence-corrected chi connectivity index (χ1v) is 8.82. The molecule has 0 aromatic heterocycles. The zero-order valence-electron chi connectivity index (χ0n) is 15.0. The molecule has 0 spiro atoms. The molecule has 1 heterocycles. The first-order valence-electron chi connectivity index (χ1n) is 8.82. The molecular formula is C23H22O3. The average Bonchev–Trinajstić information content (AvgIpc) is 2.68. The van der Waals surface area contributed by atoms with Crippen LogP contribution in [0.3, 0.4) is 0 Å². The summed E-state index contributed by atoms with van der Waals surface area (Å²) < 4.78 is 11.3. The van der Waals surface area contributed by atoms with E-state index < -0.39 is 0 Å². The number of fused-ring (bicyclic) bond motifs is 1. The van der Waals surface area contributed by atoms with E-state index in [9.17, 15) is 5.11 Å². The molecule has 1 N–H and O–H groups in total. The number of hydrogen-bond donors (Lipinski definition) is 1. The third-order valence-corrected chi connectivity index (χ3v) is 5.13. The van der Waals surface area contributed by atoms with Gasteiger partial charge < -0.3 is 14.6 Å². The highest BCUT2D eigenvalue weighted by Crippen LogP contribution is 2.47. The smallest absolute Gasteiger partial charge is 0.126 e. The molecular weight excluding hydrogens is 324 g/mol. The molecule has 3 aromatic carbocycles. The van der Waals surface area contributed by atoms with Gasteiger partial charge in [-0.15, -0.1) is 0 Å². The molecule has 3 heteroatoms. The Bertz CT molecular complexity index is 898. The van der Waals surface area contributed by atoms with Crippen LogP contribution in [0.25, 0.3) is 0 Å². The van der Waals surface area contributed by atoms with E-state index in [0.29, 0.717) is 6.61 Å². The second-order valence-corrected chi connectivity index (χ2v) is 6.80. The fourth-order valence-corrected chi connectivity index (χ4v) is 3.72. The number of benzene rings is 3. The van der Waals surface area contributed by atoms with Gasteiger partial charge in [0.1, 0.15) is 17.2 Å². The molecule has 1 aliphatic rings. The van der Waals surface area contributed by atoms with Crippen molar-refractivity contribution in [2.24, 2.45) is 0 Å². The molecule has 0 bridgehead atoms. The monoisotopic (exact) mass is 346 g/mol. The maximum absolute atomic E-state index is 9.83. The Hall–Kier alpha value is -2.94. The highest BCUT2D eigenvalue weighted by atomic mass is 16.5. The maximum Gasteiger partial charge on any atom is 0.126 e. The molecule has 0 fully saturated rings. The number of aryl methyl sites for hydroxylation is 1. The van der Waals surface area contributed by atoms with Gasteiger partial charge in [0.25, 0.3) is 0 Å². The van der Waals surface area contributed by atoms with Gasteiger partial charge in [-0.3, -0.25) is 0 Å². The van der Waals surface area contributed by atoms with Gasteiger partial charge in [0.05, 0.1) is 13.7 Å². The fourth-order valence-electron chi connectivity index (χ4n) is 3.72. The Labute approximate surface area is 153 Å². The molecule has 3 nitrogen and oxygen atoms in total. The molecule has 0 saturated carbocycles. The van der Waals surface area contributed by atoms with Gasteiger partial charge in [-0.1, -0.05) is 48.0 Å². The Kier molecular flexibility index (Phi) is 4.29. The normalized spacial score (nSPS) is 18.7. The summed E-state index contributed by atoms with van der Waals surface area (Å²) >= 11 is 0. The number of phenolic OH excluding ortho intramolecular Hbond substituents is 1. The number of rotatable bonds is 3. The van der Waals surface area contributed by atoms with Gasteiger partial charge in [0.15, 0.2) is 0 Å². The number of hydrogen-bond acceptors (Lipinski definition) is 3. The van der Waals surface area contributed by atoms with Crippen molar-refractivity contribution in [2.45, 2.75) is 18.8 Å². The minimum atomic E-state index is 0.160. The van der Waals surface area contributed by atoms with Gasteiger partial charge >= 0.3 is 0 Å². The SMILES string of the molecule is COc1ccc([C@@H]2c3ccc(O)cc3OC[C@H]2c2ccc(C)cc2)cc1. The van der Waals surface area contributed by atoms with Crippen molar-refractivity contribution in [1.82, 2.24) is 0 Å². The Morgan fingerprint density at radius 2 is 1.62 bits per heavy atom.